The third kappa shape index (κ3) is 3.18. The highest BCUT2D eigenvalue weighted by Gasteiger charge is 2.22. The van der Waals surface area contributed by atoms with Gasteiger partial charge in [0.25, 0.3) is 0 Å². The number of anilines is 1. The monoisotopic (exact) mass is 272 g/mol. The molecule has 0 amide bonds. The minimum Gasteiger partial charge on any atom is -0.402 e. The average molecular weight is 272 g/mol. The molecule has 0 aliphatic carbocycles. The van der Waals surface area contributed by atoms with Crippen LogP contribution in [-0.4, -0.2) is 15.6 Å². The Labute approximate surface area is 103 Å². The summed E-state index contributed by atoms with van der Waals surface area (Å²) >= 11 is 0. The van der Waals surface area contributed by atoms with Gasteiger partial charge in [0.1, 0.15) is 0 Å². The number of phosphoric acid groups is 1. The number of ketones is 1. The maximum absolute atomic E-state index is 11.6. The number of allylic oxidation sites excluding steroid dienone is 1. The van der Waals surface area contributed by atoms with Crippen LogP contribution in [0.2, 0.25) is 0 Å². The molecule has 0 saturated heterocycles. The molecule has 0 saturated carbocycles. The Morgan fingerprint density at radius 2 is 2.11 bits per heavy atom. The largest absolute Gasteiger partial charge is 0.524 e. The van der Waals surface area contributed by atoms with E-state index in [4.69, 9.17) is 21.3 Å². The number of hydrogen-bond donors (Lipinski definition) is 4. The number of phosphoric ester groups is 1. The molecule has 0 aliphatic rings. The van der Waals surface area contributed by atoms with Crippen LogP contribution in [0.25, 0.3) is 0 Å². The van der Waals surface area contributed by atoms with Crippen LogP contribution in [0, 0.1) is 0 Å². The fourth-order valence-electron chi connectivity index (χ4n) is 1.42. The van der Waals surface area contributed by atoms with Gasteiger partial charge < -0.3 is 16.0 Å². The van der Waals surface area contributed by atoms with E-state index in [1.807, 2.05) is 0 Å². The molecule has 18 heavy (non-hydrogen) atoms. The molecule has 8 heteroatoms. The average Bonchev–Trinajstić information content (AvgIpc) is 2.29. The lowest BCUT2D eigenvalue weighted by Crippen LogP contribution is -2.10. The van der Waals surface area contributed by atoms with Gasteiger partial charge in [-0.15, -0.1) is 0 Å². The predicted octanol–water partition coefficient (Wildman–Crippen LogP) is 0.568. The van der Waals surface area contributed by atoms with E-state index in [1.165, 1.54) is 12.1 Å². The first-order valence-corrected chi connectivity index (χ1v) is 6.36. The van der Waals surface area contributed by atoms with Crippen LogP contribution in [0.15, 0.2) is 24.8 Å². The molecule has 0 atom stereocenters. The summed E-state index contributed by atoms with van der Waals surface area (Å²) in [5, 5.41) is 0. The molecule has 1 aromatic carbocycles. The standard InChI is InChI=1S/C10H13N2O5P/c1-2-7(13)9-6(5-11)3-4-8(10(9)12)17-18(14,15)16/h2-4H,1,5,11-12H2,(H2,14,15,16). The van der Waals surface area contributed by atoms with Crippen LogP contribution in [0.3, 0.4) is 0 Å². The molecule has 0 fully saturated rings. The number of carbonyl (C=O) groups is 1. The lowest BCUT2D eigenvalue weighted by atomic mass is 10.0. The van der Waals surface area contributed by atoms with Crippen molar-refractivity contribution in [1.29, 1.82) is 0 Å². The molecule has 0 aromatic heterocycles. The van der Waals surface area contributed by atoms with Crippen molar-refractivity contribution in [3.63, 3.8) is 0 Å². The zero-order chi connectivity index (χ0) is 13.9. The lowest BCUT2D eigenvalue weighted by Gasteiger charge is -2.14. The van der Waals surface area contributed by atoms with E-state index in [9.17, 15) is 9.36 Å². The van der Waals surface area contributed by atoms with E-state index in [0.29, 0.717) is 5.56 Å². The number of nitrogen functional groups attached to an aromatic ring is 1. The van der Waals surface area contributed by atoms with Gasteiger partial charge in [0.15, 0.2) is 11.5 Å². The number of nitrogens with two attached hydrogens (primary N) is 2. The van der Waals surface area contributed by atoms with E-state index in [2.05, 4.69) is 11.1 Å². The molecule has 98 valence electrons. The van der Waals surface area contributed by atoms with Crippen LogP contribution in [-0.2, 0) is 11.1 Å². The minimum atomic E-state index is -4.75. The Bertz CT molecular complexity index is 537. The fraction of sp³-hybridized carbons (Fsp3) is 0.100. The molecule has 0 aliphatic heterocycles. The van der Waals surface area contributed by atoms with Crippen molar-refractivity contribution in [2.75, 3.05) is 5.73 Å². The van der Waals surface area contributed by atoms with Crippen LogP contribution < -0.4 is 16.0 Å². The molecule has 1 aromatic rings. The van der Waals surface area contributed by atoms with E-state index >= 15 is 0 Å². The molecule has 0 heterocycles. The first-order chi connectivity index (χ1) is 8.30. The summed E-state index contributed by atoms with van der Waals surface area (Å²) in [6, 6.07) is 2.66. The third-order valence-electron chi connectivity index (χ3n) is 2.16. The third-order valence-corrected chi connectivity index (χ3v) is 2.60. The molecule has 0 radical (unpaired) electrons. The highest BCUT2D eigenvalue weighted by atomic mass is 31.2. The van der Waals surface area contributed by atoms with Crippen LogP contribution in [0.4, 0.5) is 5.69 Å². The van der Waals surface area contributed by atoms with Crippen molar-refractivity contribution in [2.24, 2.45) is 5.73 Å². The van der Waals surface area contributed by atoms with Gasteiger partial charge in [0, 0.05) is 6.54 Å². The molecule has 0 bridgehead atoms. The topological polar surface area (TPSA) is 136 Å². The smallest absolute Gasteiger partial charge is 0.402 e. The summed E-state index contributed by atoms with van der Waals surface area (Å²) in [6.07, 6.45) is 1.03. The number of benzene rings is 1. The second kappa shape index (κ2) is 5.32. The molecular weight excluding hydrogens is 259 g/mol. The second-order valence-corrected chi connectivity index (χ2v) is 4.53. The SMILES string of the molecule is C=CC(=O)c1c(CN)ccc(OP(=O)(O)O)c1N. The van der Waals surface area contributed by atoms with Gasteiger partial charge in [-0.3, -0.25) is 14.6 Å². The highest BCUT2D eigenvalue weighted by molar-refractivity contribution is 7.46. The summed E-state index contributed by atoms with van der Waals surface area (Å²) < 4.78 is 15.1. The van der Waals surface area contributed by atoms with Gasteiger partial charge in [-0.2, -0.15) is 0 Å². The Morgan fingerprint density at radius 1 is 1.50 bits per heavy atom. The number of carbonyl (C=O) groups excluding carboxylic acids is 1. The summed E-state index contributed by atoms with van der Waals surface area (Å²) in [5.74, 6) is -0.769. The summed E-state index contributed by atoms with van der Waals surface area (Å²) in [4.78, 5) is 29.1. The summed E-state index contributed by atoms with van der Waals surface area (Å²) in [7, 11) is -4.75. The lowest BCUT2D eigenvalue weighted by molar-refractivity contribution is 0.104. The number of rotatable bonds is 5. The van der Waals surface area contributed by atoms with Crippen molar-refractivity contribution in [3.05, 3.63) is 35.9 Å². The van der Waals surface area contributed by atoms with Crippen LogP contribution >= 0.6 is 7.82 Å². The first-order valence-electron chi connectivity index (χ1n) is 4.83. The van der Waals surface area contributed by atoms with Crippen molar-refractivity contribution in [1.82, 2.24) is 0 Å². The van der Waals surface area contributed by atoms with E-state index in [1.54, 1.807) is 0 Å². The van der Waals surface area contributed by atoms with Crippen LogP contribution in [0.5, 0.6) is 5.75 Å². The van der Waals surface area contributed by atoms with Gasteiger partial charge in [-0.25, -0.2) is 4.57 Å². The Hall–Kier alpha value is -1.66. The summed E-state index contributed by atoms with van der Waals surface area (Å²) in [6.45, 7) is 3.37. The van der Waals surface area contributed by atoms with E-state index in [0.717, 1.165) is 6.08 Å². The number of hydrogen-bond acceptors (Lipinski definition) is 5. The van der Waals surface area contributed by atoms with Gasteiger partial charge in [0.2, 0.25) is 0 Å². The minimum absolute atomic E-state index is 0.0402. The molecule has 0 spiro atoms. The van der Waals surface area contributed by atoms with Crippen molar-refractivity contribution in [3.8, 4) is 5.75 Å². The van der Waals surface area contributed by atoms with Gasteiger partial charge >= 0.3 is 7.82 Å². The zero-order valence-corrected chi connectivity index (χ0v) is 10.3. The summed E-state index contributed by atoms with van der Waals surface area (Å²) in [5.41, 5.74) is 11.4. The Morgan fingerprint density at radius 3 is 2.56 bits per heavy atom. The maximum atomic E-state index is 11.6. The Kier molecular flexibility index (Phi) is 4.26. The molecular formula is C10H13N2O5P. The Balaban J connectivity index is 3.38. The molecule has 6 N–H and O–H groups in total. The fourth-order valence-corrected chi connectivity index (χ4v) is 1.83. The van der Waals surface area contributed by atoms with Crippen LogP contribution in [0.1, 0.15) is 15.9 Å². The molecule has 7 nitrogen and oxygen atoms in total. The second-order valence-electron chi connectivity index (χ2n) is 3.37. The van der Waals surface area contributed by atoms with Crippen molar-refractivity contribution >= 4 is 19.3 Å². The van der Waals surface area contributed by atoms with Crippen molar-refractivity contribution in [2.45, 2.75) is 6.54 Å². The molecule has 1 rings (SSSR count). The highest BCUT2D eigenvalue weighted by Crippen LogP contribution is 2.41. The van der Waals surface area contributed by atoms with Gasteiger partial charge in [-0.05, 0) is 17.7 Å². The van der Waals surface area contributed by atoms with Gasteiger partial charge in [0.05, 0.1) is 11.3 Å². The predicted molar refractivity (Wildman–Crippen MR) is 65.9 cm³/mol. The quantitative estimate of drug-likeness (QED) is 0.266. The zero-order valence-electron chi connectivity index (χ0n) is 9.37. The normalized spacial score (nSPS) is 11.1. The van der Waals surface area contributed by atoms with E-state index < -0.39 is 13.6 Å². The molecule has 0 unspecified atom stereocenters. The van der Waals surface area contributed by atoms with Crippen molar-refractivity contribution < 1.29 is 23.7 Å². The van der Waals surface area contributed by atoms with E-state index in [-0.39, 0.29) is 23.5 Å². The maximum Gasteiger partial charge on any atom is 0.524 e. The first kappa shape index (κ1) is 14.4. The van der Waals surface area contributed by atoms with Gasteiger partial charge in [-0.1, -0.05) is 12.6 Å².